The molecule has 0 radical (unpaired) electrons. The Hall–Kier alpha value is -3.36. The number of nitrogens with one attached hydrogen (secondary N) is 1. The minimum atomic E-state index is -2.58. The van der Waals surface area contributed by atoms with Crippen LogP contribution in [0.25, 0.3) is 11.0 Å². The molecule has 0 spiro atoms. The Bertz CT molecular complexity index is 1090. The van der Waals surface area contributed by atoms with Gasteiger partial charge in [-0.25, -0.2) is 22.5 Å². The Labute approximate surface area is 162 Å². The molecule has 2 heterocycles. The third kappa shape index (κ3) is 3.32. The molecule has 9 heteroatoms. The maximum Gasteiger partial charge on any atom is 0.256 e. The van der Waals surface area contributed by atoms with Crippen LogP contribution in [0.3, 0.4) is 0 Å². The van der Waals surface area contributed by atoms with Gasteiger partial charge in [0.15, 0.2) is 0 Å². The number of aromatic nitrogens is 2. The van der Waals surface area contributed by atoms with Crippen LogP contribution < -0.4 is 9.64 Å². The summed E-state index contributed by atoms with van der Waals surface area (Å²) in [4.78, 5) is 20.6. The molecule has 1 aliphatic rings. The van der Waals surface area contributed by atoms with Crippen LogP contribution >= 0.6 is 0 Å². The molecule has 0 unspecified atom stereocenters. The fourth-order valence-electron chi connectivity index (χ4n) is 3.29. The number of benzene rings is 2. The van der Waals surface area contributed by atoms with Crippen molar-refractivity contribution in [2.45, 2.75) is 18.9 Å². The van der Waals surface area contributed by atoms with Gasteiger partial charge in [0.2, 0.25) is 6.43 Å². The molecule has 1 aliphatic heterocycles. The van der Waals surface area contributed by atoms with Crippen molar-refractivity contribution in [1.82, 2.24) is 9.97 Å². The zero-order valence-electron chi connectivity index (χ0n) is 15.0. The molecule has 0 saturated carbocycles. The van der Waals surface area contributed by atoms with Crippen LogP contribution in [0.15, 0.2) is 48.8 Å². The van der Waals surface area contributed by atoms with Gasteiger partial charge in [0, 0.05) is 29.8 Å². The Kier molecular flexibility index (Phi) is 4.73. The number of halogens is 4. The first kappa shape index (κ1) is 19.0. The Balaban J connectivity index is 1.65. The van der Waals surface area contributed by atoms with Crippen molar-refractivity contribution in [2.75, 3.05) is 11.5 Å². The molecule has 1 fully saturated rings. The van der Waals surface area contributed by atoms with E-state index in [1.165, 1.54) is 11.2 Å². The maximum absolute atomic E-state index is 14.7. The van der Waals surface area contributed by atoms with Crippen LogP contribution in [0.1, 0.15) is 18.0 Å². The summed E-state index contributed by atoms with van der Waals surface area (Å²) < 4.78 is 58.8. The third-order valence-corrected chi connectivity index (χ3v) is 4.70. The molecule has 150 valence electrons. The van der Waals surface area contributed by atoms with Crippen molar-refractivity contribution in [3.8, 4) is 5.75 Å². The summed E-state index contributed by atoms with van der Waals surface area (Å²) in [5.74, 6) is -2.57. The van der Waals surface area contributed by atoms with Crippen LogP contribution in [0.2, 0.25) is 0 Å². The summed E-state index contributed by atoms with van der Waals surface area (Å²) in [6, 6.07) is 5.75. The molecular formula is C20H15F4N3O2. The van der Waals surface area contributed by atoms with Gasteiger partial charge in [0.25, 0.3) is 5.91 Å². The van der Waals surface area contributed by atoms with Crippen LogP contribution in [0.4, 0.5) is 23.2 Å². The molecule has 1 saturated heterocycles. The zero-order valence-corrected chi connectivity index (χ0v) is 15.0. The fraction of sp³-hybridized carbons (Fsp3) is 0.200. The smallest absolute Gasteiger partial charge is 0.256 e. The van der Waals surface area contributed by atoms with E-state index >= 15 is 0 Å². The molecule has 2 aromatic carbocycles. The van der Waals surface area contributed by atoms with Gasteiger partial charge in [-0.3, -0.25) is 9.69 Å². The normalized spacial score (nSPS) is 16.6. The molecule has 5 nitrogen and oxygen atoms in total. The standard InChI is InChI=1S/C20H15F4N3O2/c1-10-19(18-13(21)7-12(8-14(18)22)29-5-4-17(23)24)27(20(10)28)11-2-3-15-16(6-11)26-9-25-15/h2-3,6-9,17,19H,1,4-5H2,(H,25,26)/t19-/m0/s1. The number of nitrogens with zero attached hydrogens (tertiary/aromatic N) is 2. The number of hydrogen-bond donors (Lipinski definition) is 1. The summed E-state index contributed by atoms with van der Waals surface area (Å²) in [7, 11) is 0. The SMILES string of the molecule is C=C1C(=O)N(c2ccc3[nH]cnc3c2)[C@@H]1c1c(F)cc(OCCC(F)F)cc1F. The van der Waals surface area contributed by atoms with Crippen LogP contribution in [0.5, 0.6) is 5.75 Å². The zero-order chi connectivity index (χ0) is 20.7. The number of carbonyl (C=O) groups is 1. The Morgan fingerprint density at radius 2 is 1.93 bits per heavy atom. The number of fused-ring (bicyclic) bond motifs is 1. The minimum absolute atomic E-state index is 0.0382. The van der Waals surface area contributed by atoms with Gasteiger partial charge in [-0.1, -0.05) is 6.58 Å². The number of H-pyrrole nitrogens is 1. The van der Waals surface area contributed by atoms with Crippen molar-refractivity contribution in [1.29, 1.82) is 0 Å². The second-order valence-electron chi connectivity index (χ2n) is 6.54. The lowest BCUT2D eigenvalue weighted by molar-refractivity contribution is -0.119. The Morgan fingerprint density at radius 3 is 2.62 bits per heavy atom. The number of alkyl halides is 2. The van der Waals surface area contributed by atoms with E-state index in [2.05, 4.69) is 16.5 Å². The van der Waals surface area contributed by atoms with Gasteiger partial charge >= 0.3 is 0 Å². The second-order valence-corrected chi connectivity index (χ2v) is 6.54. The largest absolute Gasteiger partial charge is 0.493 e. The van der Waals surface area contributed by atoms with Gasteiger partial charge < -0.3 is 9.72 Å². The molecule has 0 aliphatic carbocycles. The van der Waals surface area contributed by atoms with Crippen molar-refractivity contribution < 1.29 is 27.1 Å². The molecular weight excluding hydrogens is 390 g/mol. The lowest BCUT2D eigenvalue weighted by atomic mass is 9.87. The van der Waals surface area contributed by atoms with Crippen molar-refractivity contribution in [3.05, 3.63) is 66.0 Å². The number of aromatic amines is 1. The average molecular weight is 405 g/mol. The summed E-state index contributed by atoms with van der Waals surface area (Å²) in [6.45, 7) is 3.27. The van der Waals surface area contributed by atoms with Crippen molar-refractivity contribution >= 4 is 22.6 Å². The molecule has 0 bridgehead atoms. The van der Waals surface area contributed by atoms with Gasteiger partial charge in [-0.05, 0) is 18.2 Å². The quantitative estimate of drug-likeness (QED) is 0.373. The molecule has 3 aromatic rings. The maximum atomic E-state index is 14.7. The summed E-state index contributed by atoms with van der Waals surface area (Å²) in [6.07, 6.45) is -1.63. The molecule has 4 rings (SSSR count). The van der Waals surface area contributed by atoms with E-state index in [0.29, 0.717) is 11.2 Å². The molecule has 29 heavy (non-hydrogen) atoms. The fourth-order valence-corrected chi connectivity index (χ4v) is 3.29. The van der Waals surface area contributed by atoms with E-state index < -0.39 is 36.4 Å². The predicted octanol–water partition coefficient (Wildman–Crippen LogP) is 4.52. The number of carbonyl (C=O) groups excluding carboxylic acids is 1. The average Bonchev–Trinajstić information content (AvgIpc) is 3.14. The number of hydrogen-bond acceptors (Lipinski definition) is 3. The first-order chi connectivity index (χ1) is 13.9. The number of rotatable bonds is 6. The van der Waals surface area contributed by atoms with E-state index in [0.717, 1.165) is 17.6 Å². The highest BCUT2D eigenvalue weighted by Gasteiger charge is 2.45. The lowest BCUT2D eigenvalue weighted by Gasteiger charge is -2.42. The predicted molar refractivity (Wildman–Crippen MR) is 97.9 cm³/mol. The van der Waals surface area contributed by atoms with Crippen molar-refractivity contribution in [3.63, 3.8) is 0 Å². The summed E-state index contributed by atoms with van der Waals surface area (Å²) >= 11 is 0. The van der Waals surface area contributed by atoms with Crippen molar-refractivity contribution in [2.24, 2.45) is 0 Å². The first-order valence-corrected chi connectivity index (χ1v) is 8.72. The van der Waals surface area contributed by atoms with E-state index in [4.69, 9.17) is 4.74 Å². The van der Waals surface area contributed by atoms with Crippen LogP contribution in [0, 0.1) is 11.6 Å². The van der Waals surface area contributed by atoms with Gasteiger partial charge in [-0.2, -0.15) is 0 Å². The molecule has 1 aromatic heterocycles. The summed E-state index contributed by atoms with van der Waals surface area (Å²) in [5.41, 5.74) is 1.44. The number of β-lactam (4-membered cyclic amide) rings is 1. The molecule has 1 N–H and O–H groups in total. The van der Waals surface area contributed by atoms with Gasteiger partial charge in [0.1, 0.15) is 17.4 Å². The number of ether oxygens (including phenoxy) is 1. The van der Waals surface area contributed by atoms with Crippen LogP contribution in [-0.4, -0.2) is 28.9 Å². The van der Waals surface area contributed by atoms with E-state index in [1.807, 2.05) is 0 Å². The van der Waals surface area contributed by atoms with E-state index in [9.17, 15) is 22.4 Å². The topological polar surface area (TPSA) is 58.2 Å². The number of anilines is 1. The van der Waals surface area contributed by atoms with Crippen LogP contribution in [-0.2, 0) is 4.79 Å². The first-order valence-electron chi connectivity index (χ1n) is 8.72. The Morgan fingerprint density at radius 1 is 1.21 bits per heavy atom. The highest BCUT2D eigenvalue weighted by molar-refractivity contribution is 6.15. The van der Waals surface area contributed by atoms with Gasteiger partial charge in [0.05, 0.1) is 35.6 Å². The minimum Gasteiger partial charge on any atom is -0.493 e. The van der Waals surface area contributed by atoms with E-state index in [1.54, 1.807) is 18.2 Å². The number of amides is 1. The highest BCUT2D eigenvalue weighted by Crippen LogP contribution is 2.45. The molecule has 1 amide bonds. The summed E-state index contributed by atoms with van der Waals surface area (Å²) in [5, 5.41) is 0. The van der Waals surface area contributed by atoms with Gasteiger partial charge in [-0.15, -0.1) is 0 Å². The third-order valence-electron chi connectivity index (χ3n) is 4.70. The highest BCUT2D eigenvalue weighted by atomic mass is 19.3. The second kappa shape index (κ2) is 7.23. The van der Waals surface area contributed by atoms with E-state index in [-0.39, 0.29) is 23.5 Å². The monoisotopic (exact) mass is 405 g/mol. The lowest BCUT2D eigenvalue weighted by Crippen LogP contribution is -2.49. The molecule has 1 atom stereocenters. The number of imidazole rings is 1.